The van der Waals surface area contributed by atoms with Crippen LogP contribution in [0.1, 0.15) is 26.2 Å². The Balaban J connectivity index is 1.95. The molecule has 0 aliphatic carbocycles. The molecule has 1 saturated heterocycles. The summed E-state index contributed by atoms with van der Waals surface area (Å²) in [6, 6.07) is 8.84. The molecule has 0 saturated carbocycles. The minimum Gasteiger partial charge on any atom is -0.491 e. The van der Waals surface area contributed by atoms with Gasteiger partial charge in [0.1, 0.15) is 5.75 Å². The number of ether oxygens (including phenoxy) is 1. The average molecular weight is 248 g/mol. The smallest absolute Gasteiger partial charge is 0.142 e. The van der Waals surface area contributed by atoms with E-state index in [4.69, 9.17) is 4.74 Å². The maximum Gasteiger partial charge on any atom is 0.142 e. The van der Waals surface area contributed by atoms with Crippen molar-refractivity contribution in [3.05, 3.63) is 24.3 Å². The fourth-order valence-corrected chi connectivity index (χ4v) is 2.30. The van der Waals surface area contributed by atoms with Gasteiger partial charge in [0.2, 0.25) is 0 Å². The Kier molecular flexibility index (Phi) is 4.88. The molecule has 0 spiro atoms. The summed E-state index contributed by atoms with van der Waals surface area (Å²) < 4.78 is 5.78. The number of hydrogen-bond acceptors (Lipinski definition) is 3. The molecule has 0 amide bonds. The van der Waals surface area contributed by atoms with Crippen molar-refractivity contribution in [2.24, 2.45) is 0 Å². The molecule has 3 nitrogen and oxygen atoms in total. The van der Waals surface area contributed by atoms with E-state index in [-0.39, 0.29) is 0 Å². The van der Waals surface area contributed by atoms with Crippen molar-refractivity contribution in [3.63, 3.8) is 0 Å². The van der Waals surface area contributed by atoms with Crippen molar-refractivity contribution < 1.29 is 4.74 Å². The van der Waals surface area contributed by atoms with Gasteiger partial charge in [0.05, 0.1) is 12.3 Å². The van der Waals surface area contributed by atoms with Crippen LogP contribution in [0.15, 0.2) is 24.3 Å². The molecule has 0 unspecified atom stereocenters. The number of nitrogens with zero attached hydrogens (tertiary/aromatic N) is 1. The number of piperidine rings is 1. The highest BCUT2D eigenvalue weighted by Crippen LogP contribution is 2.26. The second-order valence-electron chi connectivity index (χ2n) is 5.07. The molecule has 0 atom stereocenters. The first-order valence-corrected chi connectivity index (χ1v) is 6.96. The van der Waals surface area contributed by atoms with Crippen molar-refractivity contribution in [1.29, 1.82) is 0 Å². The Morgan fingerprint density at radius 3 is 2.72 bits per heavy atom. The van der Waals surface area contributed by atoms with Gasteiger partial charge in [-0.05, 0) is 51.5 Å². The van der Waals surface area contributed by atoms with E-state index in [2.05, 4.69) is 36.3 Å². The van der Waals surface area contributed by atoms with Gasteiger partial charge in [0, 0.05) is 6.04 Å². The standard InChI is InChI=1S/C15H24N2O/c1-3-12-18-15-7-5-4-6-14(15)16-13-8-10-17(2)11-9-13/h4-7,13,16H,3,8-12H2,1-2H3. The van der Waals surface area contributed by atoms with E-state index in [9.17, 15) is 0 Å². The Hall–Kier alpha value is -1.22. The number of rotatable bonds is 5. The summed E-state index contributed by atoms with van der Waals surface area (Å²) in [5.41, 5.74) is 1.14. The van der Waals surface area contributed by atoms with Crippen LogP contribution in [0, 0.1) is 0 Å². The number of para-hydroxylation sites is 2. The number of benzene rings is 1. The molecule has 1 fully saturated rings. The van der Waals surface area contributed by atoms with Gasteiger partial charge in [0.25, 0.3) is 0 Å². The van der Waals surface area contributed by atoms with E-state index in [1.54, 1.807) is 0 Å². The maximum atomic E-state index is 5.78. The summed E-state index contributed by atoms with van der Waals surface area (Å²) in [6.07, 6.45) is 3.46. The first kappa shape index (κ1) is 13.2. The lowest BCUT2D eigenvalue weighted by molar-refractivity contribution is 0.263. The lowest BCUT2D eigenvalue weighted by Crippen LogP contribution is -2.36. The van der Waals surface area contributed by atoms with Gasteiger partial charge < -0.3 is 15.0 Å². The Bertz CT molecular complexity index is 359. The second kappa shape index (κ2) is 6.64. The van der Waals surface area contributed by atoms with Crippen LogP contribution in [-0.4, -0.2) is 37.7 Å². The van der Waals surface area contributed by atoms with Crippen molar-refractivity contribution in [2.45, 2.75) is 32.2 Å². The van der Waals surface area contributed by atoms with Crippen molar-refractivity contribution in [1.82, 2.24) is 4.90 Å². The summed E-state index contributed by atoms with van der Waals surface area (Å²) in [5, 5.41) is 3.63. The normalized spacial score (nSPS) is 17.7. The summed E-state index contributed by atoms with van der Waals surface area (Å²) in [7, 11) is 2.19. The lowest BCUT2D eigenvalue weighted by Gasteiger charge is -2.30. The highest BCUT2D eigenvalue weighted by molar-refractivity contribution is 5.56. The lowest BCUT2D eigenvalue weighted by atomic mass is 10.1. The van der Waals surface area contributed by atoms with Crippen LogP contribution >= 0.6 is 0 Å². The number of hydrogen-bond donors (Lipinski definition) is 1. The van der Waals surface area contributed by atoms with Crippen molar-refractivity contribution in [3.8, 4) is 5.75 Å². The highest BCUT2D eigenvalue weighted by Gasteiger charge is 2.17. The van der Waals surface area contributed by atoms with Crippen LogP contribution < -0.4 is 10.1 Å². The van der Waals surface area contributed by atoms with Crippen LogP contribution in [0.5, 0.6) is 5.75 Å². The summed E-state index contributed by atoms with van der Waals surface area (Å²) in [5.74, 6) is 0.985. The molecule has 2 rings (SSSR count). The van der Waals surface area contributed by atoms with Crippen LogP contribution in [0.2, 0.25) is 0 Å². The molecule has 1 heterocycles. The molecular weight excluding hydrogens is 224 g/mol. The monoisotopic (exact) mass is 248 g/mol. The topological polar surface area (TPSA) is 24.5 Å². The molecule has 1 aliphatic heterocycles. The van der Waals surface area contributed by atoms with Gasteiger partial charge in [0.15, 0.2) is 0 Å². The van der Waals surface area contributed by atoms with Gasteiger partial charge in [-0.3, -0.25) is 0 Å². The molecule has 0 aromatic heterocycles. The predicted octanol–water partition coefficient (Wildman–Crippen LogP) is 2.98. The predicted molar refractivity (Wildman–Crippen MR) is 76.4 cm³/mol. The third-order valence-corrected chi connectivity index (χ3v) is 3.43. The molecule has 0 radical (unpaired) electrons. The van der Waals surface area contributed by atoms with Gasteiger partial charge in [-0.15, -0.1) is 0 Å². The fourth-order valence-electron chi connectivity index (χ4n) is 2.30. The van der Waals surface area contributed by atoms with Crippen LogP contribution in [0.3, 0.4) is 0 Å². The van der Waals surface area contributed by atoms with E-state index < -0.39 is 0 Å². The zero-order valence-electron chi connectivity index (χ0n) is 11.5. The zero-order valence-corrected chi connectivity index (χ0v) is 11.5. The van der Waals surface area contributed by atoms with E-state index >= 15 is 0 Å². The van der Waals surface area contributed by atoms with E-state index in [1.807, 2.05) is 12.1 Å². The molecule has 100 valence electrons. The van der Waals surface area contributed by atoms with Crippen LogP contribution in [-0.2, 0) is 0 Å². The van der Waals surface area contributed by atoms with E-state index in [0.29, 0.717) is 6.04 Å². The zero-order chi connectivity index (χ0) is 12.8. The third-order valence-electron chi connectivity index (χ3n) is 3.43. The summed E-state index contributed by atoms with van der Waals surface area (Å²) in [4.78, 5) is 2.39. The van der Waals surface area contributed by atoms with Gasteiger partial charge in [-0.1, -0.05) is 19.1 Å². The van der Waals surface area contributed by atoms with Gasteiger partial charge in [-0.2, -0.15) is 0 Å². The second-order valence-corrected chi connectivity index (χ2v) is 5.07. The Labute approximate surface area is 110 Å². The average Bonchev–Trinajstić information content (AvgIpc) is 2.40. The van der Waals surface area contributed by atoms with Crippen molar-refractivity contribution >= 4 is 5.69 Å². The Morgan fingerprint density at radius 1 is 1.28 bits per heavy atom. The first-order valence-electron chi connectivity index (χ1n) is 6.96. The number of nitrogens with one attached hydrogen (secondary N) is 1. The minimum absolute atomic E-state index is 0.576. The van der Waals surface area contributed by atoms with E-state index in [1.165, 1.54) is 25.9 Å². The quantitative estimate of drug-likeness (QED) is 0.867. The first-order chi connectivity index (χ1) is 8.79. The molecule has 18 heavy (non-hydrogen) atoms. The summed E-state index contributed by atoms with van der Waals surface area (Å²) >= 11 is 0. The molecule has 0 bridgehead atoms. The number of likely N-dealkylation sites (tertiary alicyclic amines) is 1. The van der Waals surface area contributed by atoms with E-state index in [0.717, 1.165) is 24.5 Å². The number of anilines is 1. The summed E-state index contributed by atoms with van der Waals surface area (Å²) in [6.45, 7) is 5.27. The van der Waals surface area contributed by atoms with Crippen molar-refractivity contribution in [2.75, 3.05) is 32.1 Å². The van der Waals surface area contributed by atoms with Gasteiger partial charge >= 0.3 is 0 Å². The molecular formula is C15H24N2O. The minimum atomic E-state index is 0.576. The van der Waals surface area contributed by atoms with Crippen LogP contribution in [0.4, 0.5) is 5.69 Å². The highest BCUT2D eigenvalue weighted by atomic mass is 16.5. The van der Waals surface area contributed by atoms with Crippen LogP contribution in [0.25, 0.3) is 0 Å². The fraction of sp³-hybridized carbons (Fsp3) is 0.600. The largest absolute Gasteiger partial charge is 0.491 e. The van der Waals surface area contributed by atoms with Gasteiger partial charge in [-0.25, -0.2) is 0 Å². The SMILES string of the molecule is CCCOc1ccccc1NC1CCN(C)CC1. The molecule has 1 aromatic carbocycles. The molecule has 1 aromatic rings. The maximum absolute atomic E-state index is 5.78. The third kappa shape index (κ3) is 3.64. The molecule has 1 aliphatic rings. The molecule has 1 N–H and O–H groups in total. The molecule has 3 heteroatoms. The Morgan fingerprint density at radius 2 is 2.00 bits per heavy atom.